The molecule has 0 saturated carbocycles. The van der Waals surface area contributed by atoms with Gasteiger partial charge in [-0.05, 0) is 59.7 Å². The van der Waals surface area contributed by atoms with Gasteiger partial charge in [0.1, 0.15) is 11.5 Å². The van der Waals surface area contributed by atoms with Crippen molar-refractivity contribution in [2.75, 3.05) is 23.0 Å². The number of halogens is 6. The second kappa shape index (κ2) is 19.3. The van der Waals surface area contributed by atoms with Gasteiger partial charge in [-0.3, -0.25) is 5.04 Å². The van der Waals surface area contributed by atoms with Gasteiger partial charge in [0.05, 0.1) is 10.1 Å². The molecule has 0 aliphatic rings. The van der Waals surface area contributed by atoms with Gasteiger partial charge in [-0.2, -0.15) is 54.2 Å². The molecule has 0 unspecified atom stereocenters. The summed E-state index contributed by atoms with van der Waals surface area (Å²) in [5, 5.41) is 33.2. The number of aromatic hydroxyl groups is 2. The van der Waals surface area contributed by atoms with E-state index in [1.807, 2.05) is 0 Å². The minimum atomic E-state index is -5.91. The summed E-state index contributed by atoms with van der Waals surface area (Å²) < 4.78 is 124. The molecular formula is C23H24F6Na2O8S4. The van der Waals surface area contributed by atoms with Crippen LogP contribution in [0, 0.1) is 0 Å². The Morgan fingerprint density at radius 2 is 1.21 bits per heavy atom. The van der Waals surface area contributed by atoms with E-state index >= 15 is 0 Å². The Bertz CT molecular complexity index is 1240. The van der Waals surface area contributed by atoms with Gasteiger partial charge in [0, 0.05) is 46.2 Å². The van der Waals surface area contributed by atoms with E-state index in [9.17, 15) is 54.8 Å². The van der Waals surface area contributed by atoms with Crippen LogP contribution in [0.5, 0.6) is 11.5 Å². The van der Waals surface area contributed by atoms with E-state index < -0.39 is 56.3 Å². The first kappa shape index (κ1) is 43.5. The zero-order chi connectivity index (χ0) is 30.9. The second-order valence-corrected chi connectivity index (χ2v) is 13.0. The van der Waals surface area contributed by atoms with E-state index in [4.69, 9.17) is 0 Å². The standard InChI is InChI=1S/C23H26F6O8S4.2Na/c24-22(25,26)21(23(27,28)29,17-3-5-19(30)15(11-17)13-38-7-1-9-40-37-36-32)18-4-6-20(31)16(12-18)14-39-8-2-10-41(33,34)35;;/h3-6,11-12,30-32H,1-2,7-10,13-14H2,(H,33,34,35);;/q;2*+1/p-2. The fourth-order valence-electron chi connectivity index (χ4n) is 3.83. The Kier molecular flexibility index (Phi) is 19.5. The monoisotopic (exact) mass is 716 g/mol. The van der Waals surface area contributed by atoms with Crippen molar-refractivity contribution in [2.45, 2.75) is 42.1 Å². The summed E-state index contributed by atoms with van der Waals surface area (Å²) in [6.07, 6.45) is -11.5. The summed E-state index contributed by atoms with van der Waals surface area (Å²) in [7, 11) is -4.49. The third-order valence-corrected chi connectivity index (χ3v) is 9.25. The molecule has 0 aromatic heterocycles. The van der Waals surface area contributed by atoms with Crippen molar-refractivity contribution in [2.24, 2.45) is 0 Å². The van der Waals surface area contributed by atoms with Gasteiger partial charge in [0.15, 0.2) is 0 Å². The molecular weight excluding hydrogens is 692 g/mol. The Morgan fingerprint density at radius 3 is 1.60 bits per heavy atom. The molecule has 0 bridgehead atoms. The van der Waals surface area contributed by atoms with Crippen LogP contribution in [-0.2, 0) is 36.4 Å². The van der Waals surface area contributed by atoms with E-state index in [2.05, 4.69) is 9.37 Å². The van der Waals surface area contributed by atoms with Crippen LogP contribution in [0.3, 0.4) is 0 Å². The van der Waals surface area contributed by atoms with Gasteiger partial charge in [0.25, 0.3) is 0 Å². The molecule has 2 rings (SSSR count). The summed E-state index contributed by atoms with van der Waals surface area (Å²) >= 11 is 2.76. The second-order valence-electron chi connectivity index (χ2n) is 8.46. The van der Waals surface area contributed by atoms with E-state index in [0.29, 0.717) is 42.2 Å². The molecule has 0 saturated heterocycles. The number of hydrogen-bond acceptors (Lipinski definition) is 11. The molecule has 0 radical (unpaired) electrons. The Morgan fingerprint density at radius 1 is 0.767 bits per heavy atom. The molecule has 2 aromatic carbocycles. The summed E-state index contributed by atoms with van der Waals surface area (Å²) in [6.45, 7) is 0. The Labute approximate surface area is 301 Å². The molecule has 0 amide bonds. The summed E-state index contributed by atoms with van der Waals surface area (Å²) in [4.78, 5) is 0. The minimum Gasteiger partial charge on any atom is -0.748 e. The van der Waals surface area contributed by atoms with Crippen LogP contribution in [0.2, 0.25) is 0 Å². The number of phenols is 2. The maximum absolute atomic E-state index is 14.6. The number of thioether (sulfide) groups is 2. The zero-order valence-electron chi connectivity index (χ0n) is 22.9. The van der Waals surface area contributed by atoms with Crippen molar-refractivity contribution < 1.29 is 123 Å². The third-order valence-electron chi connectivity index (χ3n) is 5.67. The molecule has 0 spiro atoms. The van der Waals surface area contributed by atoms with Gasteiger partial charge in [-0.1, -0.05) is 12.1 Å². The van der Waals surface area contributed by atoms with Gasteiger partial charge in [-0.25, -0.2) is 8.42 Å². The molecule has 232 valence electrons. The molecule has 0 aliphatic carbocycles. The van der Waals surface area contributed by atoms with E-state index in [1.165, 1.54) is 0 Å². The number of benzene rings is 2. The van der Waals surface area contributed by atoms with Crippen molar-refractivity contribution in [1.82, 2.24) is 0 Å². The van der Waals surface area contributed by atoms with Gasteiger partial charge in [-0.15, -0.1) is 0 Å². The van der Waals surface area contributed by atoms with Crippen molar-refractivity contribution in [3.05, 3.63) is 58.7 Å². The predicted molar refractivity (Wildman–Crippen MR) is 140 cm³/mol. The number of hydrogen-bond donors (Lipinski definition) is 2. The molecule has 0 heterocycles. The topological polar surface area (TPSA) is 139 Å². The Hall–Kier alpha value is 0.460. The first-order valence-corrected chi connectivity index (χ1v) is 16.3. The third kappa shape index (κ3) is 12.5. The molecule has 0 fully saturated rings. The number of alkyl halides is 6. The van der Waals surface area contributed by atoms with E-state index in [0.717, 1.165) is 47.7 Å². The molecule has 8 nitrogen and oxygen atoms in total. The quantitative estimate of drug-likeness (QED) is 0.0429. The summed E-state index contributed by atoms with van der Waals surface area (Å²) in [5.41, 5.74) is -7.35. The molecule has 20 heteroatoms. The molecule has 43 heavy (non-hydrogen) atoms. The molecule has 0 aliphatic heterocycles. The first-order valence-electron chi connectivity index (χ1n) is 11.5. The average Bonchev–Trinajstić information content (AvgIpc) is 2.84. The summed E-state index contributed by atoms with van der Waals surface area (Å²) in [6, 6.07) is 3.80. The number of rotatable bonds is 16. The van der Waals surface area contributed by atoms with Crippen LogP contribution in [0.4, 0.5) is 26.3 Å². The smallest absolute Gasteiger partial charge is 0.748 e. The molecule has 0 atom stereocenters. The molecule has 2 N–H and O–H groups in total. The first-order chi connectivity index (χ1) is 19.0. The van der Waals surface area contributed by atoms with Gasteiger partial charge < -0.3 is 20.0 Å². The van der Waals surface area contributed by atoms with Crippen LogP contribution in [-0.4, -0.2) is 58.5 Å². The van der Waals surface area contributed by atoms with Crippen LogP contribution < -0.4 is 64.4 Å². The van der Waals surface area contributed by atoms with Crippen LogP contribution in [0.15, 0.2) is 36.4 Å². The van der Waals surface area contributed by atoms with E-state index in [-0.39, 0.29) is 93.9 Å². The van der Waals surface area contributed by atoms with Gasteiger partial charge >= 0.3 is 71.5 Å². The number of phenolic OH excluding ortho intramolecular Hbond substituents is 2. The SMILES string of the molecule is O=S(=O)([O-])CCCSCc1cc(C(c2ccc(O)c(CSCCCSOO[O-])c2)(C(F)(F)F)C(F)(F)F)ccc1O.[Na+].[Na+]. The van der Waals surface area contributed by atoms with Crippen LogP contribution in [0.25, 0.3) is 0 Å². The Balaban J connectivity index is 0.00000882. The predicted octanol–water partition coefficient (Wildman–Crippen LogP) is -0.820. The fraction of sp³-hybridized carbons (Fsp3) is 0.478. The zero-order valence-corrected chi connectivity index (χ0v) is 30.1. The van der Waals surface area contributed by atoms with Crippen LogP contribution >= 0.6 is 35.6 Å². The maximum atomic E-state index is 14.6. The van der Waals surface area contributed by atoms with Crippen LogP contribution in [0.1, 0.15) is 35.1 Å². The summed E-state index contributed by atoms with van der Waals surface area (Å²) in [5.74, 6) is -1.39. The maximum Gasteiger partial charge on any atom is 1.00 e. The van der Waals surface area contributed by atoms with Gasteiger partial charge in [0.2, 0.25) is 5.41 Å². The van der Waals surface area contributed by atoms with Crippen molar-refractivity contribution in [3.63, 3.8) is 0 Å². The molecule has 2 aromatic rings. The normalized spacial score (nSPS) is 12.5. The van der Waals surface area contributed by atoms with E-state index in [1.54, 1.807) is 0 Å². The fourth-order valence-corrected chi connectivity index (χ4v) is 6.95. The van der Waals surface area contributed by atoms with Crippen molar-refractivity contribution in [3.8, 4) is 11.5 Å². The average molecular weight is 717 g/mol. The minimum absolute atomic E-state index is 0. The largest absolute Gasteiger partial charge is 1.00 e. The van der Waals surface area contributed by atoms with Crippen molar-refractivity contribution >= 4 is 45.7 Å². The van der Waals surface area contributed by atoms with Crippen molar-refractivity contribution in [1.29, 1.82) is 0 Å².